The molecule has 2 N–H and O–H groups in total. The zero-order chi connectivity index (χ0) is 33.0. The highest BCUT2D eigenvalue weighted by Gasteiger charge is 2.21. The Balaban J connectivity index is 2.24. The van der Waals surface area contributed by atoms with Crippen LogP contribution in [0, 0.1) is 0 Å². The summed E-state index contributed by atoms with van der Waals surface area (Å²) in [4.78, 5) is 29.1. The molecule has 0 unspecified atom stereocenters. The lowest BCUT2D eigenvalue weighted by Gasteiger charge is -2.36. The minimum atomic E-state index is -0.472. The monoisotopic (exact) mass is 640 g/mol. The van der Waals surface area contributed by atoms with Crippen molar-refractivity contribution < 1.29 is 24.2 Å². The molecular formula is C37H73N3O5. The van der Waals surface area contributed by atoms with Crippen molar-refractivity contribution in [3.63, 3.8) is 0 Å². The third-order valence-electron chi connectivity index (χ3n) is 8.87. The number of aliphatic hydroxyl groups is 1. The minimum Gasteiger partial charge on any atom is -0.466 e. The highest BCUT2D eigenvalue weighted by atomic mass is 16.6. The Hall–Kier alpha value is -1.38. The molecule has 1 aliphatic rings. The van der Waals surface area contributed by atoms with Crippen LogP contribution in [-0.2, 0) is 14.3 Å². The van der Waals surface area contributed by atoms with Crippen molar-refractivity contribution in [2.24, 2.45) is 0 Å². The Kier molecular flexibility index (Phi) is 25.6. The van der Waals surface area contributed by atoms with Crippen LogP contribution in [0.3, 0.4) is 0 Å². The molecule has 45 heavy (non-hydrogen) atoms. The van der Waals surface area contributed by atoms with Gasteiger partial charge in [-0.3, -0.25) is 14.6 Å². The second kappa shape index (κ2) is 27.7. The number of hydrogen-bond acceptors (Lipinski definition) is 7. The Morgan fingerprint density at radius 3 is 2.02 bits per heavy atom. The zero-order valence-electron chi connectivity index (χ0n) is 30.1. The van der Waals surface area contributed by atoms with Crippen LogP contribution in [0.2, 0.25) is 0 Å². The SMILES string of the molecule is CCCCCCCCCCCOC(=O)CCCCCN(CCN(CCO)CCCCCNC(=O)OC(C)(C)C)C1CCCCC1. The molecule has 0 aromatic heterocycles. The fourth-order valence-electron chi connectivity index (χ4n) is 6.24. The molecule has 0 heterocycles. The normalized spacial score (nSPS) is 14.3. The molecule has 0 aromatic carbocycles. The first-order chi connectivity index (χ1) is 21.7. The number of esters is 1. The van der Waals surface area contributed by atoms with Crippen LogP contribution in [0.5, 0.6) is 0 Å². The second-order valence-electron chi connectivity index (χ2n) is 14.2. The quantitative estimate of drug-likeness (QED) is 0.0658. The molecule has 0 atom stereocenters. The van der Waals surface area contributed by atoms with Crippen molar-refractivity contribution in [2.45, 2.75) is 174 Å². The molecule has 0 radical (unpaired) electrons. The number of carbonyl (C=O) groups excluding carboxylic acids is 2. The van der Waals surface area contributed by atoms with Crippen molar-refractivity contribution in [2.75, 3.05) is 52.5 Å². The minimum absolute atomic E-state index is 0.0287. The number of alkyl carbamates (subject to hydrolysis) is 1. The lowest BCUT2D eigenvalue weighted by Crippen LogP contribution is -2.43. The van der Waals surface area contributed by atoms with Gasteiger partial charge in [-0.1, -0.05) is 90.4 Å². The zero-order valence-corrected chi connectivity index (χ0v) is 30.1. The molecule has 8 heteroatoms. The Bertz CT molecular complexity index is 709. The fraction of sp³-hybridized carbons (Fsp3) is 0.946. The molecule has 0 bridgehead atoms. The third kappa shape index (κ3) is 25.4. The van der Waals surface area contributed by atoms with Crippen molar-refractivity contribution in [1.82, 2.24) is 15.1 Å². The number of rotatable bonds is 28. The van der Waals surface area contributed by atoms with Gasteiger partial charge in [0.2, 0.25) is 0 Å². The van der Waals surface area contributed by atoms with Gasteiger partial charge in [0.15, 0.2) is 0 Å². The van der Waals surface area contributed by atoms with Crippen molar-refractivity contribution in [1.29, 1.82) is 0 Å². The van der Waals surface area contributed by atoms with E-state index in [2.05, 4.69) is 22.0 Å². The van der Waals surface area contributed by atoms with Crippen LogP contribution in [0.1, 0.15) is 163 Å². The number of ether oxygens (including phenoxy) is 2. The first-order valence-corrected chi connectivity index (χ1v) is 18.9. The molecular weight excluding hydrogens is 566 g/mol. The number of amides is 1. The van der Waals surface area contributed by atoms with Gasteiger partial charge in [0.05, 0.1) is 13.2 Å². The summed E-state index contributed by atoms with van der Waals surface area (Å²) in [6.45, 7) is 14.0. The summed E-state index contributed by atoms with van der Waals surface area (Å²) >= 11 is 0. The van der Waals surface area contributed by atoms with Gasteiger partial charge >= 0.3 is 12.1 Å². The standard InChI is InChI=1S/C37H73N3O5/c1-5-6-7-8-9-10-11-12-22-33-44-35(42)25-18-14-21-28-40(34-23-16-13-17-24-34)30-29-39(31-32-41)27-20-15-19-26-38-36(43)45-37(2,3)4/h34,41H,5-33H2,1-4H3,(H,38,43). The number of nitrogens with zero attached hydrogens (tertiary/aromatic N) is 2. The maximum absolute atomic E-state index is 12.2. The van der Waals surface area contributed by atoms with Crippen LogP contribution in [-0.4, -0.2) is 91.1 Å². The van der Waals surface area contributed by atoms with Crippen LogP contribution in [0.25, 0.3) is 0 Å². The molecule has 8 nitrogen and oxygen atoms in total. The summed E-state index contributed by atoms with van der Waals surface area (Å²) in [7, 11) is 0. The molecule has 0 saturated heterocycles. The van der Waals surface area contributed by atoms with Crippen LogP contribution < -0.4 is 5.32 Å². The van der Waals surface area contributed by atoms with Gasteiger partial charge in [-0.2, -0.15) is 0 Å². The van der Waals surface area contributed by atoms with E-state index >= 15 is 0 Å². The lowest BCUT2D eigenvalue weighted by atomic mass is 9.94. The molecule has 1 saturated carbocycles. The molecule has 266 valence electrons. The summed E-state index contributed by atoms with van der Waals surface area (Å²) in [6, 6.07) is 0.662. The van der Waals surface area contributed by atoms with E-state index in [1.807, 2.05) is 20.8 Å². The maximum Gasteiger partial charge on any atom is 0.407 e. The first-order valence-electron chi connectivity index (χ1n) is 18.9. The van der Waals surface area contributed by atoms with E-state index in [1.54, 1.807) is 0 Å². The number of carbonyl (C=O) groups is 2. The van der Waals surface area contributed by atoms with Gasteiger partial charge in [0, 0.05) is 38.6 Å². The Labute approximate surface area is 277 Å². The third-order valence-corrected chi connectivity index (χ3v) is 8.87. The van der Waals surface area contributed by atoms with Crippen LogP contribution >= 0.6 is 0 Å². The van der Waals surface area contributed by atoms with E-state index in [0.29, 0.717) is 32.2 Å². The van der Waals surface area contributed by atoms with Crippen LogP contribution in [0.15, 0.2) is 0 Å². The molecule has 1 amide bonds. The predicted octanol–water partition coefficient (Wildman–Crippen LogP) is 8.24. The molecule has 1 aliphatic carbocycles. The number of nitrogens with one attached hydrogen (secondary N) is 1. The largest absolute Gasteiger partial charge is 0.466 e. The van der Waals surface area contributed by atoms with Crippen molar-refractivity contribution in [3.05, 3.63) is 0 Å². The number of hydrogen-bond donors (Lipinski definition) is 2. The van der Waals surface area contributed by atoms with Gasteiger partial charge in [-0.25, -0.2) is 4.79 Å². The predicted molar refractivity (Wildman–Crippen MR) is 187 cm³/mol. The van der Waals surface area contributed by atoms with E-state index in [4.69, 9.17) is 9.47 Å². The van der Waals surface area contributed by atoms with Crippen molar-refractivity contribution in [3.8, 4) is 0 Å². The molecule has 0 aromatic rings. The van der Waals surface area contributed by atoms with E-state index in [-0.39, 0.29) is 18.7 Å². The van der Waals surface area contributed by atoms with Crippen molar-refractivity contribution >= 4 is 12.1 Å². The Morgan fingerprint density at radius 2 is 1.36 bits per heavy atom. The topological polar surface area (TPSA) is 91.3 Å². The second-order valence-corrected chi connectivity index (χ2v) is 14.2. The average Bonchev–Trinajstić information content (AvgIpc) is 3.00. The maximum atomic E-state index is 12.2. The number of aliphatic hydroxyl groups excluding tert-OH is 1. The summed E-state index contributed by atoms with van der Waals surface area (Å²) in [6.07, 6.45) is 24.3. The highest BCUT2D eigenvalue weighted by Crippen LogP contribution is 2.23. The molecule has 0 aliphatic heterocycles. The summed E-state index contributed by atoms with van der Waals surface area (Å²) in [5.41, 5.74) is -0.472. The van der Waals surface area contributed by atoms with Gasteiger partial charge in [-0.05, 0) is 78.8 Å². The lowest BCUT2D eigenvalue weighted by molar-refractivity contribution is -0.143. The van der Waals surface area contributed by atoms with Crippen LogP contribution in [0.4, 0.5) is 4.79 Å². The molecule has 1 fully saturated rings. The average molecular weight is 640 g/mol. The molecule has 0 spiro atoms. The molecule has 1 rings (SSSR count). The highest BCUT2D eigenvalue weighted by molar-refractivity contribution is 5.69. The summed E-state index contributed by atoms with van der Waals surface area (Å²) in [5, 5.41) is 12.5. The fourth-order valence-corrected chi connectivity index (χ4v) is 6.24. The van der Waals surface area contributed by atoms with Gasteiger partial charge < -0.3 is 19.9 Å². The van der Waals surface area contributed by atoms with E-state index in [9.17, 15) is 14.7 Å². The van der Waals surface area contributed by atoms with E-state index < -0.39 is 5.60 Å². The summed E-state index contributed by atoms with van der Waals surface area (Å²) in [5.74, 6) is -0.0287. The Morgan fingerprint density at radius 1 is 0.733 bits per heavy atom. The van der Waals surface area contributed by atoms with E-state index in [1.165, 1.54) is 83.5 Å². The summed E-state index contributed by atoms with van der Waals surface area (Å²) < 4.78 is 10.8. The van der Waals surface area contributed by atoms with E-state index in [0.717, 1.165) is 71.1 Å². The number of unbranched alkanes of at least 4 members (excludes halogenated alkanes) is 12. The smallest absolute Gasteiger partial charge is 0.407 e. The first kappa shape index (κ1) is 41.6. The van der Waals surface area contributed by atoms with Gasteiger partial charge in [-0.15, -0.1) is 0 Å². The van der Waals surface area contributed by atoms with Gasteiger partial charge in [0.1, 0.15) is 5.60 Å². The van der Waals surface area contributed by atoms with Gasteiger partial charge in [0.25, 0.3) is 0 Å².